The Morgan fingerprint density at radius 2 is 1.90 bits per heavy atom. The van der Waals surface area contributed by atoms with Gasteiger partial charge in [-0.05, 0) is 24.7 Å². The molecule has 0 spiro atoms. The van der Waals surface area contributed by atoms with Crippen LogP contribution in [0.25, 0.3) is 0 Å². The maximum atomic E-state index is 9.49. The van der Waals surface area contributed by atoms with E-state index in [-0.39, 0.29) is 6.10 Å². The number of hydrogen-bond donors (Lipinski definition) is 1. The Kier molecular flexibility index (Phi) is 2.72. The summed E-state index contributed by atoms with van der Waals surface area (Å²) >= 11 is 0. The average molecular weight is 142 g/mol. The number of aliphatic hydroxyl groups excluding tert-OH is 1. The predicted octanol–water partition coefficient (Wildman–Crippen LogP) is 2.19. The van der Waals surface area contributed by atoms with E-state index in [2.05, 4.69) is 13.8 Å². The molecular formula is C9H18O. The Labute approximate surface area is 63.4 Å². The Morgan fingerprint density at radius 1 is 1.20 bits per heavy atom. The largest absolute Gasteiger partial charge is 0.393 e. The molecule has 1 heteroatoms. The van der Waals surface area contributed by atoms with Crippen molar-refractivity contribution in [2.75, 3.05) is 0 Å². The molecule has 10 heavy (non-hydrogen) atoms. The standard InChI is InChI=1S/C9H18O/c1-3-7-5-6-9(10)8(7)4-2/h7-10H,3-6H2,1-2H3. The van der Waals surface area contributed by atoms with E-state index in [0.717, 1.165) is 18.8 Å². The van der Waals surface area contributed by atoms with Gasteiger partial charge in [-0.25, -0.2) is 0 Å². The van der Waals surface area contributed by atoms with Gasteiger partial charge in [0.15, 0.2) is 0 Å². The Balaban J connectivity index is 2.45. The number of aliphatic hydroxyl groups is 1. The molecule has 1 rings (SSSR count). The van der Waals surface area contributed by atoms with Crippen LogP contribution in [0.4, 0.5) is 0 Å². The lowest BCUT2D eigenvalue weighted by molar-refractivity contribution is 0.114. The van der Waals surface area contributed by atoms with Crippen LogP contribution in [0.5, 0.6) is 0 Å². The zero-order valence-electron chi connectivity index (χ0n) is 7.01. The molecular weight excluding hydrogens is 124 g/mol. The normalized spacial score (nSPS) is 40.5. The molecule has 0 saturated heterocycles. The SMILES string of the molecule is CCC1CCC(O)C1CC. The van der Waals surface area contributed by atoms with E-state index in [0.29, 0.717) is 5.92 Å². The van der Waals surface area contributed by atoms with Crippen LogP contribution < -0.4 is 0 Å². The molecule has 0 radical (unpaired) electrons. The highest BCUT2D eigenvalue weighted by Gasteiger charge is 2.31. The van der Waals surface area contributed by atoms with Gasteiger partial charge in [0.1, 0.15) is 0 Å². The van der Waals surface area contributed by atoms with Crippen LogP contribution in [-0.2, 0) is 0 Å². The Hall–Kier alpha value is -0.0400. The van der Waals surface area contributed by atoms with Crippen LogP contribution >= 0.6 is 0 Å². The Morgan fingerprint density at radius 3 is 2.30 bits per heavy atom. The quantitative estimate of drug-likeness (QED) is 0.626. The predicted molar refractivity (Wildman–Crippen MR) is 42.8 cm³/mol. The minimum atomic E-state index is 0.00921. The molecule has 0 aromatic rings. The summed E-state index contributed by atoms with van der Waals surface area (Å²) in [4.78, 5) is 0. The molecule has 1 nitrogen and oxygen atoms in total. The fraction of sp³-hybridized carbons (Fsp3) is 1.00. The summed E-state index contributed by atoms with van der Waals surface area (Å²) < 4.78 is 0. The second kappa shape index (κ2) is 3.38. The topological polar surface area (TPSA) is 20.2 Å². The van der Waals surface area contributed by atoms with Crippen LogP contribution in [-0.4, -0.2) is 11.2 Å². The molecule has 1 N–H and O–H groups in total. The minimum Gasteiger partial charge on any atom is -0.393 e. The first-order valence-corrected chi connectivity index (χ1v) is 4.47. The summed E-state index contributed by atoms with van der Waals surface area (Å²) in [6.07, 6.45) is 4.69. The van der Waals surface area contributed by atoms with Gasteiger partial charge in [-0.15, -0.1) is 0 Å². The first-order valence-electron chi connectivity index (χ1n) is 4.47. The summed E-state index contributed by atoms with van der Waals surface area (Å²) in [5.41, 5.74) is 0. The van der Waals surface area contributed by atoms with Crippen molar-refractivity contribution < 1.29 is 5.11 Å². The smallest absolute Gasteiger partial charge is 0.0571 e. The fourth-order valence-electron chi connectivity index (χ4n) is 2.24. The molecule has 60 valence electrons. The van der Waals surface area contributed by atoms with Crippen molar-refractivity contribution in [3.05, 3.63) is 0 Å². The first-order chi connectivity index (χ1) is 4.79. The van der Waals surface area contributed by atoms with E-state index < -0.39 is 0 Å². The van der Waals surface area contributed by atoms with Crippen LogP contribution in [0.1, 0.15) is 39.5 Å². The summed E-state index contributed by atoms with van der Waals surface area (Å²) in [6, 6.07) is 0. The van der Waals surface area contributed by atoms with Gasteiger partial charge in [-0.3, -0.25) is 0 Å². The summed E-state index contributed by atoms with van der Waals surface area (Å²) in [7, 11) is 0. The minimum absolute atomic E-state index is 0.00921. The van der Waals surface area contributed by atoms with Crippen LogP contribution in [0, 0.1) is 11.8 Å². The van der Waals surface area contributed by atoms with Crippen LogP contribution in [0.2, 0.25) is 0 Å². The lowest BCUT2D eigenvalue weighted by Crippen LogP contribution is -2.17. The van der Waals surface area contributed by atoms with E-state index >= 15 is 0 Å². The van der Waals surface area contributed by atoms with Crippen molar-refractivity contribution in [2.45, 2.75) is 45.6 Å². The van der Waals surface area contributed by atoms with Gasteiger partial charge in [0.05, 0.1) is 6.10 Å². The van der Waals surface area contributed by atoms with Gasteiger partial charge in [0, 0.05) is 0 Å². The van der Waals surface area contributed by atoms with Crippen molar-refractivity contribution in [1.82, 2.24) is 0 Å². The molecule has 1 saturated carbocycles. The van der Waals surface area contributed by atoms with E-state index in [1.165, 1.54) is 12.8 Å². The molecule has 0 aromatic carbocycles. The van der Waals surface area contributed by atoms with Crippen molar-refractivity contribution in [2.24, 2.45) is 11.8 Å². The lowest BCUT2D eigenvalue weighted by Gasteiger charge is -2.18. The van der Waals surface area contributed by atoms with Crippen LogP contribution in [0.15, 0.2) is 0 Å². The lowest BCUT2D eigenvalue weighted by atomic mass is 9.90. The third-order valence-electron chi connectivity index (χ3n) is 2.93. The molecule has 0 amide bonds. The average Bonchev–Trinajstić information content (AvgIpc) is 2.30. The van der Waals surface area contributed by atoms with Gasteiger partial charge in [0.25, 0.3) is 0 Å². The molecule has 0 aliphatic heterocycles. The summed E-state index contributed by atoms with van der Waals surface area (Å²) in [5, 5.41) is 9.49. The first kappa shape index (κ1) is 8.06. The van der Waals surface area contributed by atoms with Gasteiger partial charge in [-0.2, -0.15) is 0 Å². The summed E-state index contributed by atoms with van der Waals surface area (Å²) in [6.45, 7) is 4.41. The summed E-state index contributed by atoms with van der Waals surface area (Å²) in [5.74, 6) is 1.41. The maximum absolute atomic E-state index is 9.49. The highest BCUT2D eigenvalue weighted by Crippen LogP contribution is 2.35. The van der Waals surface area contributed by atoms with Gasteiger partial charge < -0.3 is 5.11 Å². The number of hydrogen-bond acceptors (Lipinski definition) is 1. The van der Waals surface area contributed by atoms with E-state index in [9.17, 15) is 5.11 Å². The second-order valence-electron chi connectivity index (χ2n) is 3.39. The van der Waals surface area contributed by atoms with Gasteiger partial charge in [0.2, 0.25) is 0 Å². The fourth-order valence-corrected chi connectivity index (χ4v) is 2.24. The van der Waals surface area contributed by atoms with Crippen LogP contribution in [0.3, 0.4) is 0 Å². The van der Waals surface area contributed by atoms with Crippen molar-refractivity contribution in [1.29, 1.82) is 0 Å². The van der Waals surface area contributed by atoms with E-state index in [4.69, 9.17) is 0 Å². The van der Waals surface area contributed by atoms with E-state index in [1.54, 1.807) is 0 Å². The van der Waals surface area contributed by atoms with Crippen molar-refractivity contribution in [3.63, 3.8) is 0 Å². The van der Waals surface area contributed by atoms with Crippen molar-refractivity contribution in [3.8, 4) is 0 Å². The molecule has 3 unspecified atom stereocenters. The number of rotatable bonds is 2. The van der Waals surface area contributed by atoms with Gasteiger partial charge >= 0.3 is 0 Å². The third-order valence-corrected chi connectivity index (χ3v) is 2.93. The highest BCUT2D eigenvalue weighted by molar-refractivity contribution is 4.82. The molecule has 3 atom stereocenters. The Bertz CT molecular complexity index is 101. The van der Waals surface area contributed by atoms with Gasteiger partial charge in [-0.1, -0.05) is 26.7 Å². The second-order valence-corrected chi connectivity index (χ2v) is 3.39. The molecule has 1 aliphatic carbocycles. The maximum Gasteiger partial charge on any atom is 0.0571 e. The monoisotopic (exact) mass is 142 g/mol. The zero-order chi connectivity index (χ0) is 7.56. The molecule has 1 aliphatic rings. The van der Waals surface area contributed by atoms with E-state index in [1.807, 2.05) is 0 Å². The molecule has 0 bridgehead atoms. The molecule has 0 aromatic heterocycles. The third kappa shape index (κ3) is 1.34. The molecule has 1 fully saturated rings. The van der Waals surface area contributed by atoms with Crippen molar-refractivity contribution >= 4 is 0 Å². The molecule has 0 heterocycles. The highest BCUT2D eigenvalue weighted by atomic mass is 16.3. The zero-order valence-corrected chi connectivity index (χ0v) is 7.01.